The van der Waals surface area contributed by atoms with Gasteiger partial charge in [-0.2, -0.15) is 0 Å². The number of ether oxygens (including phenoxy) is 1. The molecule has 2 aromatic carbocycles. The Labute approximate surface area is 133 Å². The smallest absolute Gasteiger partial charge is 0.251 e. The van der Waals surface area contributed by atoms with E-state index in [0.717, 1.165) is 15.8 Å². The molecule has 110 valence electrons. The average molecular weight is 348 g/mol. The molecule has 0 aliphatic rings. The van der Waals surface area contributed by atoms with Gasteiger partial charge in [0.25, 0.3) is 5.91 Å². The van der Waals surface area contributed by atoms with E-state index in [0.29, 0.717) is 18.7 Å². The second-order valence-electron chi connectivity index (χ2n) is 4.88. The van der Waals surface area contributed by atoms with Gasteiger partial charge in [-0.25, -0.2) is 0 Å². The molecule has 3 nitrogen and oxygen atoms in total. The van der Waals surface area contributed by atoms with Crippen LogP contribution in [0.4, 0.5) is 0 Å². The maximum atomic E-state index is 11.9. The monoisotopic (exact) mass is 347 g/mol. The second kappa shape index (κ2) is 7.27. The minimum atomic E-state index is -0.0910. The number of benzene rings is 2. The van der Waals surface area contributed by atoms with Crippen molar-refractivity contribution in [1.82, 2.24) is 5.32 Å². The van der Waals surface area contributed by atoms with Gasteiger partial charge in [-0.05, 0) is 49.7 Å². The summed E-state index contributed by atoms with van der Waals surface area (Å²) in [4.78, 5) is 11.9. The summed E-state index contributed by atoms with van der Waals surface area (Å²) in [7, 11) is 0. The molecule has 0 aromatic heterocycles. The average Bonchev–Trinajstić information content (AvgIpc) is 2.46. The number of carbonyl (C=O) groups excluding carboxylic acids is 1. The zero-order valence-electron chi connectivity index (χ0n) is 12.2. The third-order valence-corrected chi connectivity index (χ3v) is 3.61. The lowest BCUT2D eigenvalue weighted by atomic mass is 10.1. The maximum Gasteiger partial charge on any atom is 0.251 e. The standard InChI is InChI=1S/C17H18BrNO2/c1-12-3-8-16(13(2)11-12)21-10-9-19-17(20)14-4-6-15(18)7-5-14/h3-8,11H,9-10H2,1-2H3,(H,19,20). The zero-order chi connectivity index (χ0) is 15.2. The fourth-order valence-electron chi connectivity index (χ4n) is 1.99. The molecule has 4 heteroatoms. The van der Waals surface area contributed by atoms with E-state index in [1.165, 1.54) is 5.56 Å². The van der Waals surface area contributed by atoms with E-state index < -0.39 is 0 Å². The van der Waals surface area contributed by atoms with Crippen LogP contribution >= 0.6 is 15.9 Å². The summed E-state index contributed by atoms with van der Waals surface area (Å²) in [5.41, 5.74) is 2.96. The van der Waals surface area contributed by atoms with Crippen LogP contribution in [0.2, 0.25) is 0 Å². The number of hydrogen-bond donors (Lipinski definition) is 1. The van der Waals surface area contributed by atoms with E-state index in [1.807, 2.05) is 31.2 Å². The Morgan fingerprint density at radius 3 is 2.52 bits per heavy atom. The van der Waals surface area contributed by atoms with E-state index in [4.69, 9.17) is 4.74 Å². The number of rotatable bonds is 5. The first-order valence-corrected chi connectivity index (χ1v) is 7.59. The summed E-state index contributed by atoms with van der Waals surface area (Å²) >= 11 is 3.34. The summed E-state index contributed by atoms with van der Waals surface area (Å²) in [6.45, 7) is 4.99. The minimum absolute atomic E-state index is 0.0910. The molecule has 1 amide bonds. The van der Waals surface area contributed by atoms with Crippen LogP contribution in [0.5, 0.6) is 5.75 Å². The van der Waals surface area contributed by atoms with E-state index in [-0.39, 0.29) is 5.91 Å². The Kier molecular flexibility index (Phi) is 5.39. The van der Waals surface area contributed by atoms with Crippen molar-refractivity contribution < 1.29 is 9.53 Å². The van der Waals surface area contributed by atoms with Crippen LogP contribution in [0.3, 0.4) is 0 Å². The zero-order valence-corrected chi connectivity index (χ0v) is 13.7. The predicted octanol–water partition coefficient (Wildman–Crippen LogP) is 3.87. The quantitative estimate of drug-likeness (QED) is 0.833. The Bertz CT molecular complexity index is 623. The van der Waals surface area contributed by atoms with E-state index in [2.05, 4.69) is 34.2 Å². The van der Waals surface area contributed by atoms with Crippen molar-refractivity contribution in [2.75, 3.05) is 13.2 Å². The fourth-order valence-corrected chi connectivity index (χ4v) is 2.25. The van der Waals surface area contributed by atoms with Gasteiger partial charge in [0.05, 0.1) is 6.54 Å². The summed E-state index contributed by atoms with van der Waals surface area (Å²) in [5.74, 6) is 0.769. The van der Waals surface area contributed by atoms with Crippen LogP contribution in [-0.4, -0.2) is 19.1 Å². The molecule has 0 radical (unpaired) electrons. The molecule has 0 saturated heterocycles. The summed E-state index contributed by atoms with van der Waals surface area (Å²) < 4.78 is 6.63. The number of aryl methyl sites for hydroxylation is 2. The first-order valence-electron chi connectivity index (χ1n) is 6.80. The van der Waals surface area contributed by atoms with E-state index >= 15 is 0 Å². The Balaban J connectivity index is 1.79. The van der Waals surface area contributed by atoms with Crippen molar-refractivity contribution in [2.24, 2.45) is 0 Å². The van der Waals surface area contributed by atoms with Crippen molar-refractivity contribution in [2.45, 2.75) is 13.8 Å². The molecule has 2 rings (SSSR count). The van der Waals surface area contributed by atoms with Crippen molar-refractivity contribution >= 4 is 21.8 Å². The molecule has 0 atom stereocenters. The van der Waals surface area contributed by atoms with Crippen molar-refractivity contribution in [3.8, 4) is 5.75 Å². The number of amides is 1. The number of nitrogens with one attached hydrogen (secondary N) is 1. The van der Waals surface area contributed by atoms with Gasteiger partial charge >= 0.3 is 0 Å². The molecule has 21 heavy (non-hydrogen) atoms. The van der Waals surface area contributed by atoms with Crippen LogP contribution in [0.15, 0.2) is 46.9 Å². The number of hydrogen-bond acceptors (Lipinski definition) is 2. The third kappa shape index (κ3) is 4.60. The van der Waals surface area contributed by atoms with Gasteiger partial charge in [0, 0.05) is 10.0 Å². The summed E-state index contributed by atoms with van der Waals surface area (Å²) in [5, 5.41) is 2.84. The molecule has 0 fully saturated rings. The largest absolute Gasteiger partial charge is 0.491 e. The lowest BCUT2D eigenvalue weighted by molar-refractivity contribution is 0.0947. The summed E-state index contributed by atoms with van der Waals surface area (Å²) in [6.07, 6.45) is 0. The molecule has 2 aromatic rings. The first kappa shape index (κ1) is 15.6. The number of carbonyl (C=O) groups is 1. The molecule has 0 aliphatic heterocycles. The molecule has 0 aliphatic carbocycles. The highest BCUT2D eigenvalue weighted by molar-refractivity contribution is 9.10. The number of halogens is 1. The van der Waals surface area contributed by atoms with Gasteiger partial charge in [-0.15, -0.1) is 0 Å². The Morgan fingerprint density at radius 1 is 1.14 bits per heavy atom. The van der Waals surface area contributed by atoms with Crippen LogP contribution in [0.1, 0.15) is 21.5 Å². The minimum Gasteiger partial charge on any atom is -0.491 e. The molecule has 0 spiro atoms. The SMILES string of the molecule is Cc1ccc(OCCNC(=O)c2ccc(Br)cc2)c(C)c1. The van der Waals surface area contributed by atoms with Gasteiger partial charge < -0.3 is 10.1 Å². The van der Waals surface area contributed by atoms with Gasteiger partial charge in [0.1, 0.15) is 12.4 Å². The lowest BCUT2D eigenvalue weighted by Crippen LogP contribution is -2.28. The van der Waals surface area contributed by atoms with Crippen molar-refractivity contribution in [3.63, 3.8) is 0 Å². The third-order valence-electron chi connectivity index (χ3n) is 3.08. The molecular formula is C17H18BrNO2. The van der Waals surface area contributed by atoms with Gasteiger partial charge in [0.2, 0.25) is 0 Å². The van der Waals surface area contributed by atoms with Gasteiger partial charge in [-0.1, -0.05) is 33.6 Å². The summed E-state index contributed by atoms with van der Waals surface area (Å²) in [6, 6.07) is 13.3. The predicted molar refractivity (Wildman–Crippen MR) is 87.9 cm³/mol. The second-order valence-corrected chi connectivity index (χ2v) is 5.80. The van der Waals surface area contributed by atoms with Crippen molar-refractivity contribution in [1.29, 1.82) is 0 Å². The highest BCUT2D eigenvalue weighted by Crippen LogP contribution is 2.18. The Hall–Kier alpha value is -1.81. The van der Waals surface area contributed by atoms with Gasteiger partial charge in [-0.3, -0.25) is 4.79 Å². The normalized spacial score (nSPS) is 10.2. The topological polar surface area (TPSA) is 38.3 Å². The van der Waals surface area contributed by atoms with Crippen molar-refractivity contribution in [3.05, 3.63) is 63.6 Å². The highest BCUT2D eigenvalue weighted by Gasteiger charge is 2.04. The molecular weight excluding hydrogens is 330 g/mol. The Morgan fingerprint density at radius 2 is 1.86 bits per heavy atom. The maximum absolute atomic E-state index is 11.9. The van der Waals surface area contributed by atoms with Crippen LogP contribution < -0.4 is 10.1 Å². The van der Waals surface area contributed by atoms with Crippen LogP contribution in [0.25, 0.3) is 0 Å². The highest BCUT2D eigenvalue weighted by atomic mass is 79.9. The first-order chi connectivity index (χ1) is 10.1. The van der Waals surface area contributed by atoms with E-state index in [9.17, 15) is 4.79 Å². The fraction of sp³-hybridized carbons (Fsp3) is 0.235. The van der Waals surface area contributed by atoms with Crippen LogP contribution in [-0.2, 0) is 0 Å². The van der Waals surface area contributed by atoms with Gasteiger partial charge in [0.15, 0.2) is 0 Å². The molecule has 1 N–H and O–H groups in total. The molecule has 0 heterocycles. The van der Waals surface area contributed by atoms with Crippen LogP contribution in [0, 0.1) is 13.8 Å². The molecule has 0 unspecified atom stereocenters. The van der Waals surface area contributed by atoms with E-state index in [1.54, 1.807) is 12.1 Å². The molecule has 0 bridgehead atoms. The lowest BCUT2D eigenvalue weighted by Gasteiger charge is -2.10. The molecule has 0 saturated carbocycles.